The van der Waals surface area contributed by atoms with Crippen LogP contribution in [0, 0.1) is 12.8 Å². The molecule has 1 aliphatic rings. The maximum atomic E-state index is 12.6. The fourth-order valence-electron chi connectivity index (χ4n) is 3.12. The number of nitrogens with one attached hydrogen (secondary N) is 1. The van der Waals surface area contributed by atoms with E-state index in [9.17, 15) is 4.79 Å². The molecule has 1 amide bonds. The van der Waals surface area contributed by atoms with Crippen molar-refractivity contribution in [3.05, 3.63) is 17.5 Å². The Hall–Kier alpha value is -1.40. The van der Waals surface area contributed by atoms with Gasteiger partial charge < -0.3 is 14.6 Å². The predicted octanol–water partition coefficient (Wildman–Crippen LogP) is 1.73. The summed E-state index contributed by atoms with van der Waals surface area (Å²) in [4.78, 5) is 14.9. The first-order valence-corrected chi connectivity index (χ1v) is 7.96. The molecule has 1 saturated heterocycles. The van der Waals surface area contributed by atoms with Crippen LogP contribution in [-0.4, -0.2) is 47.3 Å². The number of carbonyl (C=O) groups excluding carboxylic acids is 1. The van der Waals surface area contributed by atoms with Gasteiger partial charge in [-0.15, -0.1) is 0 Å². The summed E-state index contributed by atoms with van der Waals surface area (Å²) in [5.41, 5.74) is 0.747. The quantitative estimate of drug-likeness (QED) is 0.897. The smallest absolute Gasteiger partial charge is 0.237 e. The zero-order valence-corrected chi connectivity index (χ0v) is 14.1. The summed E-state index contributed by atoms with van der Waals surface area (Å²) in [7, 11) is 0. The first kappa shape index (κ1) is 17.0. The van der Waals surface area contributed by atoms with Crippen LogP contribution < -0.4 is 5.32 Å². The number of morpholine rings is 1. The Kier molecular flexibility index (Phi) is 5.58. The maximum absolute atomic E-state index is 12.6. The van der Waals surface area contributed by atoms with Gasteiger partial charge in [0.15, 0.2) is 0 Å². The second-order valence-corrected chi connectivity index (χ2v) is 6.55. The van der Waals surface area contributed by atoms with Crippen LogP contribution in [0.25, 0.3) is 0 Å². The van der Waals surface area contributed by atoms with E-state index in [1.54, 1.807) is 0 Å². The van der Waals surface area contributed by atoms with Crippen molar-refractivity contribution in [1.29, 1.82) is 0 Å². The van der Waals surface area contributed by atoms with Crippen LogP contribution in [0.15, 0.2) is 10.6 Å². The lowest BCUT2D eigenvalue weighted by Crippen LogP contribution is -2.56. The van der Waals surface area contributed by atoms with Gasteiger partial charge >= 0.3 is 0 Å². The number of amides is 1. The molecular formula is C16H27N3O3. The standard InChI is InChI=1S/C16H27N3O3/c1-10(2)15(19-8-12(4)21-13(5)9-19)16(20)17-7-14-6-11(3)22-18-14/h6,10,12-13,15H,7-9H2,1-5H3,(H,17,20). The highest BCUT2D eigenvalue weighted by Gasteiger charge is 2.34. The number of nitrogens with zero attached hydrogens (tertiary/aromatic N) is 2. The Labute approximate surface area is 132 Å². The van der Waals surface area contributed by atoms with E-state index in [1.807, 2.05) is 13.0 Å². The third-order valence-electron chi connectivity index (χ3n) is 3.86. The van der Waals surface area contributed by atoms with Gasteiger partial charge in [0.2, 0.25) is 5.91 Å². The van der Waals surface area contributed by atoms with Crippen molar-refractivity contribution in [3.8, 4) is 0 Å². The molecular weight excluding hydrogens is 282 g/mol. The molecule has 3 atom stereocenters. The number of rotatable bonds is 5. The molecule has 22 heavy (non-hydrogen) atoms. The van der Waals surface area contributed by atoms with Gasteiger partial charge in [-0.1, -0.05) is 19.0 Å². The van der Waals surface area contributed by atoms with Gasteiger partial charge in [0.1, 0.15) is 11.5 Å². The first-order chi connectivity index (χ1) is 10.4. The molecule has 2 heterocycles. The molecule has 0 aliphatic carbocycles. The van der Waals surface area contributed by atoms with Crippen LogP contribution in [0.1, 0.15) is 39.1 Å². The number of hydrogen-bond donors (Lipinski definition) is 1. The van der Waals surface area contributed by atoms with Gasteiger partial charge in [-0.2, -0.15) is 0 Å². The average molecular weight is 309 g/mol. The monoisotopic (exact) mass is 309 g/mol. The van der Waals surface area contributed by atoms with Gasteiger partial charge in [-0.25, -0.2) is 0 Å². The summed E-state index contributed by atoms with van der Waals surface area (Å²) in [6, 6.07) is 1.69. The second-order valence-electron chi connectivity index (χ2n) is 6.55. The highest BCUT2D eigenvalue weighted by molar-refractivity contribution is 5.82. The summed E-state index contributed by atoms with van der Waals surface area (Å²) in [5, 5.41) is 6.88. The lowest BCUT2D eigenvalue weighted by Gasteiger charge is -2.40. The molecule has 1 N–H and O–H groups in total. The molecule has 6 nitrogen and oxygen atoms in total. The summed E-state index contributed by atoms with van der Waals surface area (Å²) in [6.07, 6.45) is 0.298. The highest BCUT2D eigenvalue weighted by Crippen LogP contribution is 2.18. The lowest BCUT2D eigenvalue weighted by molar-refractivity contribution is -0.135. The Morgan fingerprint density at radius 1 is 1.41 bits per heavy atom. The first-order valence-electron chi connectivity index (χ1n) is 7.96. The summed E-state index contributed by atoms with van der Waals surface area (Å²) >= 11 is 0. The van der Waals surface area contributed by atoms with Crippen molar-refractivity contribution in [1.82, 2.24) is 15.4 Å². The van der Waals surface area contributed by atoms with E-state index in [0.717, 1.165) is 24.5 Å². The molecule has 6 heteroatoms. The molecule has 1 fully saturated rings. The van der Waals surface area contributed by atoms with Crippen molar-refractivity contribution in [3.63, 3.8) is 0 Å². The Morgan fingerprint density at radius 2 is 2.05 bits per heavy atom. The van der Waals surface area contributed by atoms with Crippen molar-refractivity contribution in [2.75, 3.05) is 13.1 Å². The molecule has 1 aromatic rings. The lowest BCUT2D eigenvalue weighted by atomic mass is 9.99. The van der Waals surface area contributed by atoms with Crippen molar-refractivity contribution in [2.24, 2.45) is 5.92 Å². The number of hydrogen-bond acceptors (Lipinski definition) is 5. The number of carbonyl (C=O) groups is 1. The molecule has 0 radical (unpaired) electrons. The maximum Gasteiger partial charge on any atom is 0.237 e. The summed E-state index contributed by atoms with van der Waals surface area (Å²) in [6.45, 7) is 12.1. The summed E-state index contributed by atoms with van der Waals surface area (Å²) < 4.78 is 10.8. The van der Waals surface area contributed by atoms with Crippen molar-refractivity contribution < 1.29 is 14.1 Å². The number of ether oxygens (including phenoxy) is 1. The van der Waals surface area contributed by atoms with Gasteiger partial charge in [-0.3, -0.25) is 9.69 Å². The normalized spacial score (nSPS) is 24.5. The molecule has 0 saturated carbocycles. The van der Waals surface area contributed by atoms with E-state index in [0.29, 0.717) is 6.54 Å². The van der Waals surface area contributed by atoms with Crippen molar-refractivity contribution >= 4 is 5.91 Å². The van der Waals surface area contributed by atoms with Gasteiger partial charge in [0.25, 0.3) is 0 Å². The minimum absolute atomic E-state index is 0.0388. The Bertz CT molecular complexity index is 491. The molecule has 0 spiro atoms. The molecule has 0 bridgehead atoms. The third-order valence-corrected chi connectivity index (χ3v) is 3.86. The molecule has 1 aromatic heterocycles. The van der Waals surface area contributed by atoms with Crippen LogP contribution in [0.3, 0.4) is 0 Å². The molecule has 2 rings (SSSR count). The minimum Gasteiger partial charge on any atom is -0.373 e. The topological polar surface area (TPSA) is 67.6 Å². The zero-order valence-electron chi connectivity index (χ0n) is 14.1. The molecule has 124 valence electrons. The molecule has 1 aliphatic heterocycles. The fraction of sp³-hybridized carbons (Fsp3) is 0.750. The van der Waals surface area contributed by atoms with E-state index < -0.39 is 0 Å². The molecule has 0 aromatic carbocycles. The second kappa shape index (κ2) is 7.24. The van der Waals surface area contributed by atoms with E-state index in [2.05, 4.69) is 43.1 Å². The minimum atomic E-state index is -0.151. The SMILES string of the molecule is Cc1cc(CNC(=O)C(C(C)C)N2CC(C)OC(C)C2)no1. The number of aromatic nitrogens is 1. The predicted molar refractivity (Wildman–Crippen MR) is 83.3 cm³/mol. The van der Waals surface area contributed by atoms with E-state index >= 15 is 0 Å². The molecule has 3 unspecified atom stereocenters. The van der Waals surface area contributed by atoms with Crippen LogP contribution in [0.5, 0.6) is 0 Å². The van der Waals surface area contributed by atoms with E-state index in [4.69, 9.17) is 9.26 Å². The van der Waals surface area contributed by atoms with Crippen LogP contribution in [0.4, 0.5) is 0 Å². The van der Waals surface area contributed by atoms with E-state index in [-0.39, 0.29) is 30.1 Å². The van der Waals surface area contributed by atoms with Gasteiger partial charge in [0, 0.05) is 19.2 Å². The average Bonchev–Trinajstić information content (AvgIpc) is 2.81. The Morgan fingerprint density at radius 3 is 2.55 bits per heavy atom. The van der Waals surface area contributed by atoms with Crippen molar-refractivity contribution in [2.45, 2.75) is 59.4 Å². The zero-order chi connectivity index (χ0) is 16.3. The number of aryl methyl sites for hydroxylation is 1. The Balaban J connectivity index is 1.98. The van der Waals surface area contributed by atoms with Crippen LogP contribution in [0.2, 0.25) is 0 Å². The van der Waals surface area contributed by atoms with Gasteiger partial charge in [-0.05, 0) is 26.7 Å². The van der Waals surface area contributed by atoms with Crippen LogP contribution in [-0.2, 0) is 16.1 Å². The third kappa shape index (κ3) is 4.30. The summed E-state index contributed by atoms with van der Waals surface area (Å²) in [5.74, 6) is 1.02. The van der Waals surface area contributed by atoms with Gasteiger partial charge in [0.05, 0.1) is 24.8 Å². The van der Waals surface area contributed by atoms with Crippen LogP contribution >= 0.6 is 0 Å². The van der Waals surface area contributed by atoms with E-state index in [1.165, 1.54) is 0 Å². The highest BCUT2D eigenvalue weighted by atomic mass is 16.5. The largest absolute Gasteiger partial charge is 0.373 e. The fourth-order valence-corrected chi connectivity index (χ4v) is 3.12.